The first kappa shape index (κ1) is 21.6. The number of halogens is 1. The molecular formula is C21H36FN5. The maximum absolute atomic E-state index is 13.6. The van der Waals surface area contributed by atoms with Gasteiger partial charge < -0.3 is 20.4 Å². The van der Waals surface area contributed by atoms with E-state index in [1.807, 2.05) is 6.07 Å². The molecule has 5 nitrogen and oxygen atoms in total. The Labute approximate surface area is 164 Å². The van der Waals surface area contributed by atoms with Gasteiger partial charge in [0.05, 0.1) is 6.54 Å². The summed E-state index contributed by atoms with van der Waals surface area (Å²) in [7, 11) is 0. The van der Waals surface area contributed by atoms with Gasteiger partial charge in [-0.15, -0.1) is 0 Å². The average Bonchev–Trinajstić information content (AvgIpc) is 2.68. The molecule has 6 heteroatoms. The fourth-order valence-corrected chi connectivity index (χ4v) is 3.24. The van der Waals surface area contributed by atoms with Crippen molar-refractivity contribution in [1.82, 2.24) is 20.4 Å². The Bertz CT molecular complexity index is 582. The van der Waals surface area contributed by atoms with Crippen molar-refractivity contribution in [1.29, 1.82) is 0 Å². The summed E-state index contributed by atoms with van der Waals surface area (Å²) in [6.07, 6.45) is 2.32. The number of aliphatic imine (C=N–C) groups is 1. The molecule has 0 unspecified atom stereocenters. The van der Waals surface area contributed by atoms with Crippen LogP contribution in [0.5, 0.6) is 0 Å². The predicted octanol–water partition coefficient (Wildman–Crippen LogP) is 2.61. The van der Waals surface area contributed by atoms with Crippen LogP contribution in [0.2, 0.25) is 0 Å². The molecule has 1 aliphatic rings. The van der Waals surface area contributed by atoms with Gasteiger partial charge in [0, 0.05) is 39.3 Å². The molecule has 0 spiro atoms. The lowest BCUT2D eigenvalue weighted by Gasteiger charge is -2.34. The lowest BCUT2D eigenvalue weighted by molar-refractivity contribution is 0.136. The van der Waals surface area contributed by atoms with E-state index in [9.17, 15) is 4.39 Å². The van der Waals surface area contributed by atoms with Gasteiger partial charge in [0.25, 0.3) is 0 Å². The minimum absolute atomic E-state index is 0.166. The zero-order valence-electron chi connectivity index (χ0n) is 17.2. The van der Waals surface area contributed by atoms with Crippen LogP contribution in [0.1, 0.15) is 37.8 Å². The number of unbranched alkanes of at least 4 members (excludes halogenated alkanes) is 1. The van der Waals surface area contributed by atoms with Gasteiger partial charge in [-0.05, 0) is 57.0 Å². The molecule has 0 aromatic heterocycles. The van der Waals surface area contributed by atoms with Gasteiger partial charge in [0.1, 0.15) is 5.82 Å². The molecule has 1 aromatic rings. The van der Waals surface area contributed by atoms with Crippen LogP contribution < -0.4 is 10.6 Å². The first-order valence-corrected chi connectivity index (χ1v) is 10.3. The zero-order chi connectivity index (χ0) is 19.5. The summed E-state index contributed by atoms with van der Waals surface area (Å²) in [5.74, 6) is 0.635. The van der Waals surface area contributed by atoms with Crippen LogP contribution in [0.3, 0.4) is 0 Å². The second-order valence-corrected chi connectivity index (χ2v) is 7.19. The largest absolute Gasteiger partial charge is 0.357 e. The third-order valence-corrected chi connectivity index (χ3v) is 5.11. The first-order chi connectivity index (χ1) is 13.1. The summed E-state index contributed by atoms with van der Waals surface area (Å²) >= 11 is 0. The Kier molecular flexibility index (Phi) is 9.56. The number of benzene rings is 1. The summed E-state index contributed by atoms with van der Waals surface area (Å²) < 4.78 is 13.6. The maximum atomic E-state index is 13.6. The van der Waals surface area contributed by atoms with Crippen LogP contribution in [0.15, 0.2) is 23.2 Å². The van der Waals surface area contributed by atoms with Gasteiger partial charge in [-0.2, -0.15) is 0 Å². The van der Waals surface area contributed by atoms with E-state index in [1.54, 1.807) is 19.1 Å². The fraction of sp³-hybridized carbons (Fsp3) is 0.667. The summed E-state index contributed by atoms with van der Waals surface area (Å²) in [6.45, 7) is 15.4. The monoisotopic (exact) mass is 377 g/mol. The summed E-state index contributed by atoms with van der Waals surface area (Å²) in [6, 6.07) is 5.31. The Morgan fingerprint density at radius 1 is 1.07 bits per heavy atom. The van der Waals surface area contributed by atoms with Gasteiger partial charge in [-0.3, -0.25) is 0 Å². The minimum Gasteiger partial charge on any atom is -0.357 e. The van der Waals surface area contributed by atoms with E-state index in [0.717, 1.165) is 31.0 Å². The van der Waals surface area contributed by atoms with Crippen molar-refractivity contribution in [2.45, 2.75) is 40.2 Å². The number of hydrogen-bond acceptors (Lipinski definition) is 3. The molecule has 1 fully saturated rings. The predicted molar refractivity (Wildman–Crippen MR) is 112 cm³/mol. The van der Waals surface area contributed by atoms with Crippen LogP contribution in [-0.4, -0.2) is 68.1 Å². The molecule has 152 valence electrons. The number of guanidine groups is 1. The zero-order valence-corrected chi connectivity index (χ0v) is 17.2. The molecule has 27 heavy (non-hydrogen) atoms. The maximum Gasteiger partial charge on any atom is 0.191 e. The van der Waals surface area contributed by atoms with Crippen LogP contribution in [0.4, 0.5) is 4.39 Å². The molecule has 0 amide bonds. The molecule has 0 radical (unpaired) electrons. The van der Waals surface area contributed by atoms with E-state index in [4.69, 9.17) is 0 Å². The minimum atomic E-state index is -0.166. The van der Waals surface area contributed by atoms with Crippen molar-refractivity contribution in [3.63, 3.8) is 0 Å². The molecule has 1 heterocycles. The number of rotatable bonds is 9. The first-order valence-electron chi connectivity index (χ1n) is 10.3. The molecule has 0 bridgehead atoms. The Balaban J connectivity index is 1.67. The Hall–Kier alpha value is -1.66. The van der Waals surface area contributed by atoms with Crippen LogP contribution >= 0.6 is 0 Å². The van der Waals surface area contributed by atoms with E-state index in [-0.39, 0.29) is 5.82 Å². The van der Waals surface area contributed by atoms with Crippen molar-refractivity contribution in [3.8, 4) is 0 Å². The van der Waals surface area contributed by atoms with E-state index < -0.39 is 0 Å². The van der Waals surface area contributed by atoms with E-state index >= 15 is 0 Å². The summed E-state index contributed by atoms with van der Waals surface area (Å²) in [5, 5.41) is 6.65. The second kappa shape index (κ2) is 11.9. The lowest BCUT2D eigenvalue weighted by Crippen LogP contribution is -2.46. The van der Waals surface area contributed by atoms with Crippen LogP contribution in [0, 0.1) is 12.7 Å². The summed E-state index contributed by atoms with van der Waals surface area (Å²) in [5.41, 5.74) is 1.56. The Morgan fingerprint density at radius 3 is 2.48 bits per heavy atom. The van der Waals surface area contributed by atoms with Gasteiger partial charge in [-0.1, -0.05) is 19.1 Å². The highest BCUT2D eigenvalue weighted by Crippen LogP contribution is 2.10. The van der Waals surface area contributed by atoms with E-state index in [1.165, 1.54) is 45.7 Å². The molecular weight excluding hydrogens is 341 g/mol. The summed E-state index contributed by atoms with van der Waals surface area (Å²) in [4.78, 5) is 9.65. The standard InChI is InChI=1S/C21H36FN5/c1-4-23-21(25-17-19-9-8-18(3)20(22)16-19)24-10-6-7-11-27-14-12-26(5-2)13-15-27/h8-9,16H,4-7,10-15,17H2,1-3H3,(H2,23,24,25). The van der Waals surface area contributed by atoms with Crippen molar-refractivity contribution >= 4 is 5.96 Å². The Morgan fingerprint density at radius 2 is 1.81 bits per heavy atom. The topological polar surface area (TPSA) is 42.9 Å². The molecule has 0 atom stereocenters. The number of nitrogens with one attached hydrogen (secondary N) is 2. The van der Waals surface area contributed by atoms with Gasteiger partial charge >= 0.3 is 0 Å². The normalized spacial score (nSPS) is 16.5. The van der Waals surface area contributed by atoms with E-state index in [0.29, 0.717) is 12.1 Å². The second-order valence-electron chi connectivity index (χ2n) is 7.19. The molecule has 2 rings (SSSR count). The van der Waals surface area contributed by atoms with Gasteiger partial charge in [-0.25, -0.2) is 9.38 Å². The quantitative estimate of drug-likeness (QED) is 0.394. The molecule has 2 N–H and O–H groups in total. The highest BCUT2D eigenvalue weighted by molar-refractivity contribution is 5.79. The van der Waals surface area contributed by atoms with E-state index in [2.05, 4.69) is 39.3 Å². The van der Waals surface area contributed by atoms with Crippen LogP contribution in [-0.2, 0) is 6.54 Å². The number of piperazine rings is 1. The van der Waals surface area contributed by atoms with Crippen molar-refractivity contribution in [3.05, 3.63) is 35.1 Å². The smallest absolute Gasteiger partial charge is 0.191 e. The fourth-order valence-electron chi connectivity index (χ4n) is 3.24. The highest BCUT2D eigenvalue weighted by Gasteiger charge is 2.14. The molecule has 0 saturated carbocycles. The third-order valence-electron chi connectivity index (χ3n) is 5.11. The number of likely N-dealkylation sites (N-methyl/N-ethyl adjacent to an activating group) is 1. The average molecular weight is 378 g/mol. The van der Waals surface area contributed by atoms with Gasteiger partial charge in [0.15, 0.2) is 5.96 Å². The molecule has 0 aliphatic carbocycles. The molecule has 1 saturated heterocycles. The number of nitrogens with zero attached hydrogens (tertiary/aromatic N) is 3. The van der Waals surface area contributed by atoms with Crippen molar-refractivity contribution in [2.75, 3.05) is 52.4 Å². The lowest BCUT2D eigenvalue weighted by atomic mass is 10.1. The van der Waals surface area contributed by atoms with Crippen molar-refractivity contribution in [2.24, 2.45) is 4.99 Å². The number of aryl methyl sites for hydroxylation is 1. The van der Waals surface area contributed by atoms with Crippen molar-refractivity contribution < 1.29 is 4.39 Å². The molecule has 1 aromatic carbocycles. The SMILES string of the molecule is CCNC(=NCc1ccc(C)c(F)c1)NCCCCN1CCN(CC)CC1. The third kappa shape index (κ3) is 7.85. The van der Waals surface area contributed by atoms with Crippen LogP contribution in [0.25, 0.3) is 0 Å². The van der Waals surface area contributed by atoms with Gasteiger partial charge in [0.2, 0.25) is 0 Å². The molecule has 1 aliphatic heterocycles. The highest BCUT2D eigenvalue weighted by atomic mass is 19.1. The number of hydrogen-bond donors (Lipinski definition) is 2.